The molecule has 0 spiro atoms. The lowest BCUT2D eigenvalue weighted by molar-refractivity contribution is -0.147. The quantitative estimate of drug-likeness (QED) is 0.0507. The van der Waals surface area contributed by atoms with Crippen molar-refractivity contribution in [2.24, 2.45) is 11.7 Å². The number of anilines is 2. The molecule has 0 saturated heterocycles. The minimum atomic E-state index is -1.13. The van der Waals surface area contributed by atoms with Gasteiger partial charge in [0.25, 0.3) is 0 Å². The van der Waals surface area contributed by atoms with Crippen molar-refractivity contribution in [3.05, 3.63) is 156 Å². The number of hydrogen-bond donors (Lipinski definition) is 5. The zero-order valence-electron chi connectivity index (χ0n) is 37.9. The van der Waals surface area contributed by atoms with Crippen molar-refractivity contribution in [1.29, 1.82) is 0 Å². The Balaban J connectivity index is 0.000000229. The molecule has 7 rings (SSSR count). The van der Waals surface area contributed by atoms with Gasteiger partial charge in [-0.25, -0.2) is 19.6 Å². The summed E-state index contributed by atoms with van der Waals surface area (Å²) in [4.78, 5) is 45.4. The van der Waals surface area contributed by atoms with Gasteiger partial charge in [0.2, 0.25) is 11.8 Å². The lowest BCUT2D eigenvalue weighted by atomic mass is 9.90. The molecule has 346 valence electrons. The smallest absolute Gasteiger partial charge is 0.412 e. The van der Waals surface area contributed by atoms with Gasteiger partial charge in [-0.3, -0.25) is 15.4 Å². The number of aliphatic hydroxyl groups excluding tert-OH is 2. The molecule has 5 aromatic carbocycles. The van der Waals surface area contributed by atoms with Gasteiger partial charge in [-0.15, -0.1) is 0 Å². The number of nitrogens with one attached hydrogen (secondary N) is 2. The van der Waals surface area contributed by atoms with E-state index in [1.54, 1.807) is 84.0 Å². The third-order valence-corrected chi connectivity index (χ3v) is 9.82. The van der Waals surface area contributed by atoms with Crippen LogP contribution in [0.15, 0.2) is 136 Å². The molecule has 6 N–H and O–H groups in total. The van der Waals surface area contributed by atoms with E-state index in [2.05, 4.69) is 20.6 Å². The molecule has 7 aromatic rings. The van der Waals surface area contributed by atoms with E-state index < -0.39 is 53.5 Å². The predicted molar refractivity (Wildman–Crippen MR) is 250 cm³/mol. The van der Waals surface area contributed by atoms with Gasteiger partial charge in [0.05, 0.1) is 6.42 Å². The second-order valence-electron chi connectivity index (χ2n) is 17.8. The molecular formula is C51H57N5O10. The van der Waals surface area contributed by atoms with Crippen LogP contribution in [0.3, 0.4) is 0 Å². The van der Waals surface area contributed by atoms with E-state index in [0.717, 1.165) is 16.7 Å². The first-order chi connectivity index (χ1) is 31.4. The van der Waals surface area contributed by atoms with Crippen molar-refractivity contribution in [1.82, 2.24) is 9.97 Å². The Morgan fingerprint density at radius 2 is 1.03 bits per heavy atom. The Kier molecular flexibility index (Phi) is 15.9. The van der Waals surface area contributed by atoms with E-state index in [4.69, 9.17) is 28.8 Å². The predicted octanol–water partition coefficient (Wildman–Crippen LogP) is 9.98. The van der Waals surface area contributed by atoms with Crippen molar-refractivity contribution in [3.63, 3.8) is 0 Å². The number of aromatic nitrogens is 2. The van der Waals surface area contributed by atoms with E-state index in [9.17, 15) is 24.6 Å². The van der Waals surface area contributed by atoms with Crippen molar-refractivity contribution >= 4 is 51.7 Å². The molecule has 0 bridgehead atoms. The average Bonchev–Trinajstić information content (AvgIpc) is 3.91. The van der Waals surface area contributed by atoms with Gasteiger partial charge in [-0.05, 0) is 120 Å². The highest BCUT2D eigenvalue weighted by molar-refractivity contribution is 5.85. The molecule has 0 fully saturated rings. The number of hydrogen-bond acceptors (Lipinski definition) is 13. The molecule has 0 aliphatic heterocycles. The maximum atomic E-state index is 12.8. The molecule has 2 heterocycles. The first-order valence-corrected chi connectivity index (χ1v) is 21.6. The number of ether oxygens (including phenoxy) is 3. The summed E-state index contributed by atoms with van der Waals surface area (Å²) in [7, 11) is 0. The van der Waals surface area contributed by atoms with Crippen LogP contribution in [0.1, 0.15) is 88.6 Å². The van der Waals surface area contributed by atoms with Crippen LogP contribution >= 0.6 is 0 Å². The zero-order chi connectivity index (χ0) is 47.4. The van der Waals surface area contributed by atoms with Crippen LogP contribution in [-0.2, 0) is 38.5 Å². The maximum absolute atomic E-state index is 12.8. The van der Waals surface area contributed by atoms with E-state index in [0.29, 0.717) is 46.4 Å². The second kappa shape index (κ2) is 21.7. The highest BCUT2D eigenvalue weighted by Gasteiger charge is 2.29. The average molecular weight is 900 g/mol. The Morgan fingerprint density at radius 1 is 0.591 bits per heavy atom. The van der Waals surface area contributed by atoms with Crippen LogP contribution in [0.25, 0.3) is 22.2 Å². The number of carbonyl (C=O) groups is 3. The number of oxazole rings is 2. The van der Waals surface area contributed by atoms with Gasteiger partial charge >= 0.3 is 18.2 Å². The number of amides is 2. The normalized spacial score (nSPS) is 13.4. The van der Waals surface area contributed by atoms with E-state index >= 15 is 0 Å². The van der Waals surface area contributed by atoms with E-state index in [-0.39, 0.29) is 24.8 Å². The maximum Gasteiger partial charge on any atom is 0.412 e. The molecule has 2 aromatic heterocycles. The molecule has 0 aliphatic carbocycles. The summed E-state index contributed by atoms with van der Waals surface area (Å²) >= 11 is 0. The lowest BCUT2D eigenvalue weighted by Gasteiger charge is -2.21. The summed E-state index contributed by atoms with van der Waals surface area (Å²) in [6, 6.07) is 37.7. The molecular weight excluding hydrogens is 843 g/mol. The Hall–Kier alpha value is -7.07. The van der Waals surface area contributed by atoms with Crippen LogP contribution in [-0.4, -0.2) is 55.6 Å². The first-order valence-electron chi connectivity index (χ1n) is 21.6. The molecule has 0 saturated carbocycles. The molecule has 4 atom stereocenters. The van der Waals surface area contributed by atoms with Gasteiger partial charge in [-0.1, -0.05) is 78.9 Å². The minimum Gasteiger partial charge on any atom is -0.461 e. The first kappa shape index (κ1) is 48.4. The van der Waals surface area contributed by atoms with Crippen LogP contribution in [0.2, 0.25) is 0 Å². The number of nitrogens with two attached hydrogens (primary N) is 1. The number of rotatable bonds is 14. The standard InChI is InChI=1S/C30H32N2O6.C21H25N3O4/c1-30(2,3)38-29(35)31-23-15-13-20(14-16-23)17-22(18-26(33)36-19-21-9-5-4-6-10-21)27(34)28-32-24-11-7-8-12-25(24)37-28;1-21(2,3)28-20(26)23-14-10-8-13(9-11-14)12-15(22)18(25)19-24-16-6-4-5-7-17(16)27-19/h4-16,22,27,34H,17-19H2,1-3H3,(H,31,35);4-11,15,18,25H,12,22H2,1-3H3,(H,23,26)/t22-,27?;15-,18?/m10/s1. The van der Waals surface area contributed by atoms with Gasteiger partial charge in [0.1, 0.15) is 41.1 Å². The Morgan fingerprint density at radius 3 is 1.50 bits per heavy atom. The number of esters is 1. The number of benzene rings is 5. The Bertz CT molecular complexity index is 2600. The molecule has 15 nitrogen and oxygen atoms in total. The molecule has 15 heteroatoms. The fraction of sp³-hybridized carbons (Fsp3) is 0.314. The highest BCUT2D eigenvalue weighted by Crippen LogP contribution is 2.31. The third kappa shape index (κ3) is 14.7. The second-order valence-corrected chi connectivity index (χ2v) is 17.8. The summed E-state index contributed by atoms with van der Waals surface area (Å²) in [5.41, 5.74) is 11.3. The number of para-hydroxylation sites is 4. The molecule has 0 aliphatic rings. The minimum absolute atomic E-state index is 0.0371. The van der Waals surface area contributed by atoms with Gasteiger partial charge < -0.3 is 39.0 Å². The number of aliphatic hydroxyl groups is 2. The van der Waals surface area contributed by atoms with Gasteiger partial charge in [0.15, 0.2) is 11.2 Å². The van der Waals surface area contributed by atoms with E-state index in [1.807, 2.05) is 84.9 Å². The largest absolute Gasteiger partial charge is 0.461 e. The fourth-order valence-corrected chi connectivity index (χ4v) is 6.70. The van der Waals surface area contributed by atoms with Gasteiger partial charge in [0, 0.05) is 23.3 Å². The van der Waals surface area contributed by atoms with Crippen molar-refractivity contribution in [2.45, 2.75) is 96.9 Å². The van der Waals surface area contributed by atoms with Crippen LogP contribution in [0.5, 0.6) is 0 Å². The summed E-state index contributed by atoms with van der Waals surface area (Å²) in [5.74, 6) is -0.639. The molecule has 2 unspecified atom stereocenters. The van der Waals surface area contributed by atoms with Crippen LogP contribution < -0.4 is 16.4 Å². The fourth-order valence-electron chi connectivity index (χ4n) is 6.70. The lowest BCUT2D eigenvalue weighted by Crippen LogP contribution is -2.30. The SMILES string of the molecule is CC(C)(C)OC(=O)Nc1ccc(C[C@H](CC(=O)OCc2ccccc2)C(O)c2nc3ccccc3o2)cc1.CC(C)(C)OC(=O)Nc1ccc(C[C@H](N)C(O)c2nc3ccccc3o2)cc1. The van der Waals surface area contributed by atoms with Gasteiger partial charge in [-0.2, -0.15) is 0 Å². The van der Waals surface area contributed by atoms with Crippen LogP contribution in [0.4, 0.5) is 21.0 Å². The van der Waals surface area contributed by atoms with Crippen molar-refractivity contribution in [3.8, 4) is 0 Å². The van der Waals surface area contributed by atoms with Crippen molar-refractivity contribution < 1.29 is 47.6 Å². The Labute approximate surface area is 383 Å². The van der Waals surface area contributed by atoms with Crippen LogP contribution in [0, 0.1) is 5.92 Å². The van der Waals surface area contributed by atoms with Crippen molar-refractivity contribution in [2.75, 3.05) is 10.6 Å². The molecule has 2 amide bonds. The number of nitrogens with zero attached hydrogens (tertiary/aromatic N) is 2. The summed E-state index contributed by atoms with van der Waals surface area (Å²) < 4.78 is 27.4. The van der Waals surface area contributed by atoms with E-state index in [1.165, 1.54) is 0 Å². The number of carbonyl (C=O) groups excluding carboxylic acids is 3. The molecule has 66 heavy (non-hydrogen) atoms. The molecule has 0 radical (unpaired) electrons. The summed E-state index contributed by atoms with van der Waals surface area (Å²) in [5, 5.41) is 27.1. The zero-order valence-corrected chi connectivity index (χ0v) is 37.9. The topological polar surface area (TPSA) is 222 Å². The highest BCUT2D eigenvalue weighted by atomic mass is 16.6. The summed E-state index contributed by atoms with van der Waals surface area (Å²) in [6.07, 6.45) is -2.47. The number of fused-ring (bicyclic) bond motifs is 2. The monoisotopic (exact) mass is 899 g/mol. The summed E-state index contributed by atoms with van der Waals surface area (Å²) in [6.45, 7) is 10.9. The third-order valence-electron chi connectivity index (χ3n) is 9.82.